The van der Waals surface area contributed by atoms with Gasteiger partial charge in [0, 0.05) is 25.3 Å². The number of rotatable bonds is 5. The summed E-state index contributed by atoms with van der Waals surface area (Å²) in [5.74, 6) is 1.43. The van der Waals surface area contributed by atoms with E-state index in [-0.39, 0.29) is 10.6 Å². The third kappa shape index (κ3) is 4.02. The Labute approximate surface area is 187 Å². The number of hydrogen-bond acceptors (Lipinski definition) is 6. The second kappa shape index (κ2) is 8.94. The van der Waals surface area contributed by atoms with Crippen molar-refractivity contribution in [2.24, 2.45) is 5.92 Å². The fraction of sp³-hybridized carbons (Fsp3) is 0.360. The molecule has 32 heavy (non-hydrogen) atoms. The Balaban J connectivity index is 1.40. The predicted molar refractivity (Wildman–Crippen MR) is 126 cm³/mol. The quantitative estimate of drug-likeness (QED) is 0.423. The number of nitrogens with zero attached hydrogens (tertiary/aromatic N) is 5. The fourth-order valence-electron chi connectivity index (χ4n) is 5.00. The Morgan fingerprint density at radius 2 is 1.66 bits per heavy atom. The van der Waals surface area contributed by atoms with Crippen LogP contribution >= 0.6 is 0 Å². The highest BCUT2D eigenvalue weighted by molar-refractivity contribution is 5.77. The molecule has 0 amide bonds. The molecule has 3 aromatic rings. The van der Waals surface area contributed by atoms with Gasteiger partial charge < -0.3 is 9.80 Å². The normalized spacial score (nSPS) is 16.6. The van der Waals surface area contributed by atoms with Crippen LogP contribution in [-0.4, -0.2) is 34.5 Å². The van der Waals surface area contributed by atoms with Crippen molar-refractivity contribution in [2.75, 3.05) is 29.4 Å². The van der Waals surface area contributed by atoms with Crippen molar-refractivity contribution < 1.29 is 4.92 Å². The highest BCUT2D eigenvalue weighted by atomic mass is 16.6. The second-order valence-corrected chi connectivity index (χ2v) is 8.63. The standard InChI is InChI=1S/C25H27N5O2/c31-30(32)23-24(28-15-12-20(13-16-28)17-19-7-2-1-3-8-19)26-18-27-25(23)29-14-6-10-21-9-4-5-11-22(21)29/h1-5,7-9,11,18,20H,6,10,12-17H2. The number of para-hydroxylation sites is 1. The Hall–Kier alpha value is -3.48. The van der Waals surface area contributed by atoms with Crippen LogP contribution in [0, 0.1) is 16.0 Å². The van der Waals surface area contributed by atoms with E-state index in [4.69, 9.17) is 0 Å². The van der Waals surface area contributed by atoms with Crippen molar-refractivity contribution in [3.8, 4) is 0 Å². The van der Waals surface area contributed by atoms with E-state index in [0.717, 1.165) is 50.9 Å². The fourth-order valence-corrected chi connectivity index (χ4v) is 5.00. The van der Waals surface area contributed by atoms with Crippen molar-refractivity contribution in [2.45, 2.75) is 32.1 Å². The third-order valence-electron chi connectivity index (χ3n) is 6.61. The number of fused-ring (bicyclic) bond motifs is 1. The van der Waals surface area contributed by atoms with E-state index < -0.39 is 0 Å². The van der Waals surface area contributed by atoms with Crippen LogP contribution in [0.2, 0.25) is 0 Å². The van der Waals surface area contributed by atoms with Crippen LogP contribution in [0.25, 0.3) is 0 Å². The molecule has 0 bridgehead atoms. The van der Waals surface area contributed by atoms with E-state index >= 15 is 0 Å². The first kappa shape index (κ1) is 20.4. The summed E-state index contributed by atoms with van der Waals surface area (Å²) < 4.78 is 0. The zero-order valence-corrected chi connectivity index (χ0v) is 18.1. The zero-order chi connectivity index (χ0) is 21.9. The van der Waals surface area contributed by atoms with Crippen molar-refractivity contribution in [3.63, 3.8) is 0 Å². The Kier molecular flexibility index (Phi) is 5.71. The van der Waals surface area contributed by atoms with E-state index in [9.17, 15) is 10.1 Å². The van der Waals surface area contributed by atoms with Crippen molar-refractivity contribution in [3.05, 3.63) is 82.2 Å². The molecule has 0 aliphatic carbocycles. The van der Waals surface area contributed by atoms with E-state index in [2.05, 4.69) is 45.2 Å². The summed E-state index contributed by atoms with van der Waals surface area (Å²) in [5, 5.41) is 12.2. The van der Waals surface area contributed by atoms with Crippen LogP contribution in [0.5, 0.6) is 0 Å². The summed E-state index contributed by atoms with van der Waals surface area (Å²) in [5.41, 5.74) is 3.58. The number of benzene rings is 2. The number of aromatic nitrogens is 2. The maximum atomic E-state index is 12.2. The van der Waals surface area contributed by atoms with Crippen molar-refractivity contribution >= 4 is 23.0 Å². The average Bonchev–Trinajstić information content (AvgIpc) is 2.84. The summed E-state index contributed by atoms with van der Waals surface area (Å²) in [6.45, 7) is 2.25. The van der Waals surface area contributed by atoms with Gasteiger partial charge >= 0.3 is 5.69 Å². The molecule has 1 saturated heterocycles. The molecule has 0 radical (unpaired) electrons. The largest absolute Gasteiger partial charge is 0.353 e. The lowest BCUT2D eigenvalue weighted by Gasteiger charge is -2.34. The molecule has 0 spiro atoms. The van der Waals surface area contributed by atoms with Crippen LogP contribution in [0.3, 0.4) is 0 Å². The van der Waals surface area contributed by atoms with Crippen LogP contribution in [0.1, 0.15) is 30.4 Å². The van der Waals surface area contributed by atoms with Gasteiger partial charge in [0.05, 0.1) is 4.92 Å². The molecule has 2 aromatic carbocycles. The molecule has 1 fully saturated rings. The molecule has 0 N–H and O–H groups in total. The summed E-state index contributed by atoms with van der Waals surface area (Å²) in [6.07, 6.45) is 6.45. The SMILES string of the molecule is O=[N+]([O-])c1c(N2CCC(Cc3ccccc3)CC2)ncnc1N1CCCc2ccccc21. The highest BCUT2D eigenvalue weighted by Gasteiger charge is 2.33. The molecule has 1 aromatic heterocycles. The van der Waals surface area contributed by atoms with Gasteiger partial charge in [0.25, 0.3) is 0 Å². The van der Waals surface area contributed by atoms with Gasteiger partial charge in [0.15, 0.2) is 0 Å². The van der Waals surface area contributed by atoms with Crippen LogP contribution in [-0.2, 0) is 12.8 Å². The van der Waals surface area contributed by atoms with Gasteiger partial charge in [-0.15, -0.1) is 0 Å². The molecule has 7 heteroatoms. The van der Waals surface area contributed by atoms with Crippen molar-refractivity contribution in [1.29, 1.82) is 0 Å². The monoisotopic (exact) mass is 429 g/mol. The number of piperidine rings is 1. The maximum Gasteiger partial charge on any atom is 0.353 e. The molecule has 0 atom stereocenters. The molecular formula is C25H27N5O2. The summed E-state index contributed by atoms with van der Waals surface area (Å²) in [7, 11) is 0. The molecule has 0 saturated carbocycles. The Bertz CT molecular complexity index is 1100. The molecule has 164 valence electrons. The lowest BCUT2D eigenvalue weighted by atomic mass is 9.90. The average molecular weight is 430 g/mol. The van der Waals surface area contributed by atoms with Gasteiger partial charge in [-0.2, -0.15) is 0 Å². The summed E-state index contributed by atoms with van der Waals surface area (Å²) in [4.78, 5) is 24.8. The predicted octanol–water partition coefficient (Wildman–Crippen LogP) is 4.93. The van der Waals surface area contributed by atoms with Gasteiger partial charge in [0.1, 0.15) is 6.33 Å². The molecule has 2 aliphatic rings. The lowest BCUT2D eigenvalue weighted by Crippen LogP contribution is -2.36. The highest BCUT2D eigenvalue weighted by Crippen LogP contribution is 2.41. The molecule has 3 heterocycles. The minimum Gasteiger partial charge on any atom is -0.351 e. The van der Waals surface area contributed by atoms with E-state index in [0.29, 0.717) is 24.1 Å². The van der Waals surface area contributed by atoms with E-state index in [1.54, 1.807) is 0 Å². The molecule has 7 nitrogen and oxygen atoms in total. The van der Waals surface area contributed by atoms with Gasteiger partial charge in [-0.3, -0.25) is 10.1 Å². The first-order chi connectivity index (χ1) is 15.7. The van der Waals surface area contributed by atoms with Gasteiger partial charge in [-0.1, -0.05) is 48.5 Å². The molecule has 5 rings (SSSR count). The first-order valence-corrected chi connectivity index (χ1v) is 11.3. The van der Waals surface area contributed by atoms with Gasteiger partial charge in [0.2, 0.25) is 11.6 Å². The minimum atomic E-state index is -0.308. The topological polar surface area (TPSA) is 75.4 Å². The summed E-state index contributed by atoms with van der Waals surface area (Å²) >= 11 is 0. The molecule has 2 aliphatic heterocycles. The van der Waals surface area contributed by atoms with Crippen molar-refractivity contribution in [1.82, 2.24) is 9.97 Å². The third-order valence-corrected chi connectivity index (χ3v) is 6.61. The second-order valence-electron chi connectivity index (χ2n) is 8.63. The smallest absolute Gasteiger partial charge is 0.351 e. The minimum absolute atomic E-state index is 0.0192. The maximum absolute atomic E-state index is 12.2. The number of nitro groups is 1. The van der Waals surface area contributed by atoms with Gasteiger partial charge in [-0.05, 0) is 55.2 Å². The zero-order valence-electron chi connectivity index (χ0n) is 18.1. The van der Waals surface area contributed by atoms with Crippen LogP contribution < -0.4 is 9.80 Å². The lowest BCUT2D eigenvalue weighted by molar-refractivity contribution is -0.383. The number of hydrogen-bond donors (Lipinski definition) is 0. The Morgan fingerprint density at radius 3 is 2.44 bits per heavy atom. The first-order valence-electron chi connectivity index (χ1n) is 11.3. The summed E-state index contributed by atoms with van der Waals surface area (Å²) in [6, 6.07) is 18.6. The Morgan fingerprint density at radius 1 is 0.938 bits per heavy atom. The number of anilines is 3. The molecule has 0 unspecified atom stereocenters. The number of aryl methyl sites for hydroxylation is 1. The van der Waals surface area contributed by atoms with E-state index in [1.165, 1.54) is 17.5 Å². The van der Waals surface area contributed by atoms with Crippen LogP contribution in [0.15, 0.2) is 60.9 Å². The van der Waals surface area contributed by atoms with E-state index in [1.807, 2.05) is 29.2 Å². The molecular weight excluding hydrogens is 402 g/mol. The van der Waals surface area contributed by atoms with Crippen LogP contribution in [0.4, 0.5) is 23.0 Å². The van der Waals surface area contributed by atoms with Gasteiger partial charge in [-0.25, -0.2) is 9.97 Å².